The summed E-state index contributed by atoms with van der Waals surface area (Å²) in [5.41, 5.74) is 8.14. The second-order valence-electron chi connectivity index (χ2n) is 4.06. The molecule has 0 saturated carbocycles. The third-order valence-electron chi connectivity index (χ3n) is 2.55. The minimum absolute atomic E-state index is 0.283. The summed E-state index contributed by atoms with van der Waals surface area (Å²) in [6.45, 7) is 2.21. The number of benzene rings is 2. The van der Waals surface area contributed by atoms with Crippen molar-refractivity contribution in [3.63, 3.8) is 0 Å². The maximum Gasteiger partial charge on any atom is 0.145 e. The maximum absolute atomic E-state index is 13.2. The summed E-state index contributed by atoms with van der Waals surface area (Å²) in [6, 6.07) is 10.2. The van der Waals surface area contributed by atoms with Crippen molar-refractivity contribution in [2.75, 3.05) is 5.73 Å². The zero-order chi connectivity index (χ0) is 13.1. The van der Waals surface area contributed by atoms with Crippen LogP contribution < -0.4 is 10.5 Å². The molecule has 0 spiro atoms. The normalized spacial score (nSPS) is 10.4. The highest BCUT2D eigenvalue weighted by molar-refractivity contribution is 9.10. The van der Waals surface area contributed by atoms with E-state index in [1.807, 2.05) is 25.1 Å². The number of rotatable bonds is 3. The molecule has 0 saturated heterocycles. The van der Waals surface area contributed by atoms with Crippen LogP contribution in [0.5, 0.6) is 5.75 Å². The molecular weight excluding hydrogens is 297 g/mol. The van der Waals surface area contributed by atoms with Gasteiger partial charge in [-0.25, -0.2) is 4.39 Å². The highest BCUT2D eigenvalue weighted by Crippen LogP contribution is 2.26. The summed E-state index contributed by atoms with van der Waals surface area (Å²) >= 11 is 3.25. The minimum atomic E-state index is -0.291. The number of ether oxygens (including phenoxy) is 1. The zero-order valence-electron chi connectivity index (χ0n) is 9.91. The zero-order valence-corrected chi connectivity index (χ0v) is 11.5. The summed E-state index contributed by atoms with van der Waals surface area (Å²) in [6.07, 6.45) is 0. The van der Waals surface area contributed by atoms with E-state index in [0.717, 1.165) is 11.1 Å². The lowest BCUT2D eigenvalue weighted by molar-refractivity contribution is 0.305. The molecule has 0 aliphatic heterocycles. The van der Waals surface area contributed by atoms with Crippen molar-refractivity contribution in [1.29, 1.82) is 0 Å². The van der Waals surface area contributed by atoms with Crippen LogP contribution in [0.1, 0.15) is 11.1 Å². The second-order valence-corrected chi connectivity index (χ2v) is 4.98. The van der Waals surface area contributed by atoms with E-state index in [2.05, 4.69) is 15.9 Å². The average molecular weight is 310 g/mol. The van der Waals surface area contributed by atoms with Crippen molar-refractivity contribution in [1.82, 2.24) is 0 Å². The van der Waals surface area contributed by atoms with Crippen LogP contribution in [0.25, 0.3) is 0 Å². The molecule has 0 aliphatic carbocycles. The second kappa shape index (κ2) is 5.40. The number of nitrogens with two attached hydrogens (primary N) is 1. The maximum atomic E-state index is 13.2. The molecule has 4 heteroatoms. The van der Waals surface area contributed by atoms with Gasteiger partial charge in [-0.1, -0.05) is 28.1 Å². The minimum Gasteiger partial charge on any atom is -0.486 e. The molecule has 2 rings (SSSR count). The van der Waals surface area contributed by atoms with Crippen molar-refractivity contribution in [3.05, 3.63) is 57.8 Å². The van der Waals surface area contributed by atoms with Gasteiger partial charge in [0.25, 0.3) is 0 Å². The van der Waals surface area contributed by atoms with Crippen molar-refractivity contribution in [3.8, 4) is 5.75 Å². The Labute approximate surface area is 114 Å². The monoisotopic (exact) mass is 309 g/mol. The van der Waals surface area contributed by atoms with Crippen molar-refractivity contribution in [2.45, 2.75) is 13.5 Å². The highest BCUT2D eigenvalue weighted by Gasteiger charge is 2.05. The lowest BCUT2D eigenvalue weighted by Gasteiger charge is -2.11. The molecule has 0 atom stereocenters. The Morgan fingerprint density at radius 1 is 1.28 bits per heavy atom. The van der Waals surface area contributed by atoms with Gasteiger partial charge in [-0.15, -0.1) is 0 Å². The van der Waals surface area contributed by atoms with E-state index in [1.54, 1.807) is 6.07 Å². The van der Waals surface area contributed by atoms with Crippen LogP contribution in [0.4, 0.5) is 10.1 Å². The van der Waals surface area contributed by atoms with Gasteiger partial charge in [0, 0.05) is 4.47 Å². The lowest BCUT2D eigenvalue weighted by Crippen LogP contribution is -2.01. The van der Waals surface area contributed by atoms with E-state index in [4.69, 9.17) is 10.5 Å². The third kappa shape index (κ3) is 3.01. The number of halogens is 2. The molecule has 94 valence electrons. The highest BCUT2D eigenvalue weighted by atomic mass is 79.9. The molecule has 0 bridgehead atoms. The first kappa shape index (κ1) is 12.9. The average Bonchev–Trinajstić information content (AvgIpc) is 2.27. The van der Waals surface area contributed by atoms with E-state index in [0.29, 0.717) is 15.9 Å². The van der Waals surface area contributed by atoms with Gasteiger partial charge in [0.1, 0.15) is 18.2 Å². The molecule has 2 aromatic rings. The fourth-order valence-corrected chi connectivity index (χ4v) is 2.23. The molecule has 0 amide bonds. The van der Waals surface area contributed by atoms with E-state index in [9.17, 15) is 4.39 Å². The van der Waals surface area contributed by atoms with Crippen molar-refractivity contribution >= 4 is 21.6 Å². The van der Waals surface area contributed by atoms with Gasteiger partial charge in [0.2, 0.25) is 0 Å². The van der Waals surface area contributed by atoms with E-state index >= 15 is 0 Å². The van der Waals surface area contributed by atoms with Gasteiger partial charge in [-0.05, 0) is 42.3 Å². The molecule has 2 N–H and O–H groups in total. The first-order valence-electron chi connectivity index (χ1n) is 5.49. The number of nitrogen functional groups attached to an aromatic ring is 1. The number of anilines is 1. The fraction of sp³-hybridized carbons (Fsp3) is 0.143. The van der Waals surface area contributed by atoms with Gasteiger partial charge >= 0.3 is 0 Å². The van der Waals surface area contributed by atoms with E-state index in [1.165, 1.54) is 12.1 Å². The van der Waals surface area contributed by atoms with Gasteiger partial charge in [-0.2, -0.15) is 0 Å². The number of hydrogen-bond acceptors (Lipinski definition) is 2. The van der Waals surface area contributed by atoms with Crippen LogP contribution in [0.15, 0.2) is 40.9 Å². The van der Waals surface area contributed by atoms with Crippen LogP contribution in [-0.2, 0) is 6.61 Å². The van der Waals surface area contributed by atoms with Crippen LogP contribution >= 0.6 is 15.9 Å². The Balaban J connectivity index is 2.16. The molecule has 18 heavy (non-hydrogen) atoms. The Morgan fingerprint density at radius 2 is 2.06 bits per heavy atom. The third-order valence-corrected chi connectivity index (χ3v) is 3.01. The van der Waals surface area contributed by atoms with Crippen LogP contribution in [-0.4, -0.2) is 0 Å². The Kier molecular flexibility index (Phi) is 3.87. The summed E-state index contributed by atoms with van der Waals surface area (Å²) in [4.78, 5) is 0. The SMILES string of the molecule is Cc1cccc(N)c1OCc1cc(F)cc(Br)c1. The van der Waals surface area contributed by atoms with Gasteiger partial charge in [0.05, 0.1) is 5.69 Å². The Hall–Kier alpha value is -1.55. The molecule has 0 aromatic heterocycles. The molecule has 2 nitrogen and oxygen atoms in total. The van der Waals surface area contributed by atoms with Crippen LogP contribution in [0, 0.1) is 12.7 Å². The van der Waals surface area contributed by atoms with Gasteiger partial charge in [-0.3, -0.25) is 0 Å². The van der Waals surface area contributed by atoms with E-state index < -0.39 is 0 Å². The van der Waals surface area contributed by atoms with Gasteiger partial charge < -0.3 is 10.5 Å². The fourth-order valence-electron chi connectivity index (χ4n) is 1.72. The van der Waals surface area contributed by atoms with E-state index in [-0.39, 0.29) is 12.4 Å². The molecular formula is C14H13BrFNO. The molecule has 0 heterocycles. The Bertz CT molecular complexity index is 531. The summed E-state index contributed by atoms with van der Waals surface area (Å²) in [7, 11) is 0. The van der Waals surface area contributed by atoms with Crippen LogP contribution in [0.3, 0.4) is 0 Å². The Morgan fingerprint density at radius 3 is 2.72 bits per heavy atom. The molecule has 2 aromatic carbocycles. The molecule has 0 fully saturated rings. The number of hydrogen-bond donors (Lipinski definition) is 1. The largest absolute Gasteiger partial charge is 0.486 e. The predicted octanol–water partition coefficient (Wildman–Crippen LogP) is 4.06. The smallest absolute Gasteiger partial charge is 0.145 e. The standard InChI is InChI=1S/C14H13BrFNO/c1-9-3-2-4-13(17)14(9)18-8-10-5-11(15)7-12(16)6-10/h2-7H,8,17H2,1H3. The predicted molar refractivity (Wildman–Crippen MR) is 74.0 cm³/mol. The van der Waals surface area contributed by atoms with Crippen LogP contribution in [0.2, 0.25) is 0 Å². The van der Waals surface area contributed by atoms with Crippen molar-refractivity contribution < 1.29 is 9.13 Å². The topological polar surface area (TPSA) is 35.2 Å². The first-order chi connectivity index (χ1) is 8.56. The summed E-state index contributed by atoms with van der Waals surface area (Å²) in [5, 5.41) is 0. The molecule has 0 unspecified atom stereocenters. The number of aryl methyl sites for hydroxylation is 1. The van der Waals surface area contributed by atoms with Gasteiger partial charge in [0.15, 0.2) is 0 Å². The summed E-state index contributed by atoms with van der Waals surface area (Å²) in [5.74, 6) is 0.360. The quantitative estimate of drug-likeness (QED) is 0.868. The van der Waals surface area contributed by atoms with Crippen molar-refractivity contribution in [2.24, 2.45) is 0 Å². The summed E-state index contributed by atoms with van der Waals surface area (Å²) < 4.78 is 19.5. The molecule has 0 radical (unpaired) electrons. The number of para-hydroxylation sites is 1. The lowest BCUT2D eigenvalue weighted by atomic mass is 10.2. The first-order valence-corrected chi connectivity index (χ1v) is 6.28. The molecule has 0 aliphatic rings.